The number of nitrogens with zero attached hydrogens (tertiary/aromatic N) is 3. The van der Waals surface area contributed by atoms with E-state index in [0.717, 1.165) is 17.7 Å². The van der Waals surface area contributed by atoms with E-state index in [2.05, 4.69) is 34.3 Å². The normalized spacial score (nSPS) is 10.9. The molecule has 0 aliphatic rings. The summed E-state index contributed by atoms with van der Waals surface area (Å²) in [5, 5.41) is 13.5. The van der Waals surface area contributed by atoms with Crippen molar-refractivity contribution in [3.8, 4) is 23.1 Å². The van der Waals surface area contributed by atoms with Gasteiger partial charge in [0.1, 0.15) is 17.4 Å². The first-order chi connectivity index (χ1) is 14.6. The third-order valence-electron chi connectivity index (χ3n) is 4.32. The lowest BCUT2D eigenvalue weighted by Crippen LogP contribution is -2.16. The smallest absolute Gasteiger partial charge is 0.270 e. The van der Waals surface area contributed by atoms with Gasteiger partial charge in [-0.2, -0.15) is 10.4 Å². The number of para-hydroxylation sites is 1. The monoisotopic (exact) mass is 401 g/mol. The number of nitriles is 1. The number of H-pyrrole nitrogens is 1. The summed E-state index contributed by atoms with van der Waals surface area (Å²) in [5.41, 5.74) is 3.95. The topological polar surface area (TPSA) is 103 Å². The van der Waals surface area contributed by atoms with Gasteiger partial charge in [-0.3, -0.25) is 9.78 Å². The van der Waals surface area contributed by atoms with E-state index in [9.17, 15) is 10.1 Å². The predicted octanol–water partition coefficient (Wildman–Crippen LogP) is 4.18. The molecule has 7 heteroatoms. The standard InChI is InChI=1S/C23H23N5O2/c1-16(2)12-13-30-20-11-7-6-10-18(20)15-25-28-23-26-21(17-8-4-3-5-9-17)19(14-24)22(29)27-23/h3-11,15-16H,12-13H2,1-2H3,(H2,26,27,28,29). The molecule has 3 aromatic rings. The van der Waals surface area contributed by atoms with Gasteiger partial charge in [-0.05, 0) is 24.5 Å². The van der Waals surface area contributed by atoms with Crippen molar-refractivity contribution in [3.63, 3.8) is 0 Å². The van der Waals surface area contributed by atoms with E-state index >= 15 is 0 Å². The SMILES string of the molecule is CC(C)CCOc1ccccc1C=NNc1nc(-c2ccccc2)c(C#N)c(=O)[nH]1. The summed E-state index contributed by atoms with van der Waals surface area (Å²) < 4.78 is 5.85. The zero-order valence-electron chi connectivity index (χ0n) is 16.9. The Balaban J connectivity index is 1.80. The number of anilines is 1. The van der Waals surface area contributed by atoms with Crippen molar-refractivity contribution in [1.82, 2.24) is 9.97 Å². The van der Waals surface area contributed by atoms with Gasteiger partial charge in [0.25, 0.3) is 5.56 Å². The maximum atomic E-state index is 12.3. The van der Waals surface area contributed by atoms with Crippen molar-refractivity contribution < 1.29 is 4.74 Å². The summed E-state index contributed by atoms with van der Waals surface area (Å²) in [5.74, 6) is 1.44. The second kappa shape index (κ2) is 10.0. The molecule has 0 aliphatic heterocycles. The molecule has 2 N–H and O–H groups in total. The number of hydrogen-bond acceptors (Lipinski definition) is 6. The summed E-state index contributed by atoms with van der Waals surface area (Å²) in [6.45, 7) is 4.92. The molecule has 0 amide bonds. The van der Waals surface area contributed by atoms with Gasteiger partial charge in [0.05, 0.1) is 18.5 Å². The second-order valence-electron chi connectivity index (χ2n) is 7.05. The Kier molecular flexibility index (Phi) is 6.95. The number of hydrogen-bond donors (Lipinski definition) is 2. The fraction of sp³-hybridized carbons (Fsp3) is 0.217. The molecule has 0 atom stereocenters. The van der Waals surface area contributed by atoms with Crippen LogP contribution in [0.1, 0.15) is 31.4 Å². The van der Waals surface area contributed by atoms with Crippen LogP contribution >= 0.6 is 0 Å². The van der Waals surface area contributed by atoms with Crippen molar-refractivity contribution in [2.75, 3.05) is 12.0 Å². The van der Waals surface area contributed by atoms with Crippen LogP contribution in [0, 0.1) is 17.2 Å². The molecule has 3 rings (SSSR count). The van der Waals surface area contributed by atoms with E-state index in [1.165, 1.54) is 0 Å². The average molecular weight is 401 g/mol. The molecule has 1 aromatic heterocycles. The van der Waals surface area contributed by atoms with Crippen LogP contribution in [0.3, 0.4) is 0 Å². The molecule has 0 saturated heterocycles. The molecule has 0 radical (unpaired) electrons. The zero-order valence-corrected chi connectivity index (χ0v) is 16.9. The van der Waals surface area contributed by atoms with Crippen molar-refractivity contribution in [1.29, 1.82) is 5.26 Å². The van der Waals surface area contributed by atoms with Crippen LogP contribution in [0.4, 0.5) is 5.95 Å². The molecule has 152 valence electrons. The summed E-state index contributed by atoms with van der Waals surface area (Å²) in [4.78, 5) is 19.2. The summed E-state index contributed by atoms with van der Waals surface area (Å²) in [6.07, 6.45) is 2.56. The molecular formula is C23H23N5O2. The highest BCUT2D eigenvalue weighted by Gasteiger charge is 2.12. The Bertz CT molecular complexity index is 1110. The molecule has 0 fully saturated rings. The van der Waals surface area contributed by atoms with E-state index in [1.807, 2.05) is 48.5 Å². The quantitative estimate of drug-likeness (QED) is 0.435. The summed E-state index contributed by atoms with van der Waals surface area (Å²) >= 11 is 0. The lowest BCUT2D eigenvalue weighted by molar-refractivity contribution is 0.289. The van der Waals surface area contributed by atoms with E-state index in [0.29, 0.717) is 23.8 Å². The number of nitrogens with one attached hydrogen (secondary N) is 2. The maximum Gasteiger partial charge on any atom is 0.270 e. The van der Waals surface area contributed by atoms with Crippen LogP contribution in [-0.2, 0) is 0 Å². The van der Waals surface area contributed by atoms with E-state index in [4.69, 9.17) is 4.74 Å². The predicted molar refractivity (Wildman–Crippen MR) is 118 cm³/mol. The molecule has 0 bridgehead atoms. The summed E-state index contributed by atoms with van der Waals surface area (Å²) in [7, 11) is 0. The summed E-state index contributed by atoms with van der Waals surface area (Å²) in [6, 6.07) is 18.6. The molecule has 1 heterocycles. The highest BCUT2D eigenvalue weighted by Crippen LogP contribution is 2.20. The number of aromatic nitrogens is 2. The minimum atomic E-state index is -0.526. The van der Waals surface area contributed by atoms with Gasteiger partial charge >= 0.3 is 0 Å². The Morgan fingerprint density at radius 1 is 1.20 bits per heavy atom. The number of benzene rings is 2. The number of aromatic amines is 1. The van der Waals surface area contributed by atoms with E-state index in [-0.39, 0.29) is 11.5 Å². The Morgan fingerprint density at radius 2 is 1.93 bits per heavy atom. The number of ether oxygens (including phenoxy) is 1. The van der Waals surface area contributed by atoms with Gasteiger partial charge in [-0.25, -0.2) is 10.4 Å². The first kappa shape index (κ1) is 20.8. The van der Waals surface area contributed by atoms with Crippen molar-refractivity contribution in [2.24, 2.45) is 11.0 Å². The van der Waals surface area contributed by atoms with Crippen LogP contribution in [-0.4, -0.2) is 22.8 Å². The first-order valence-corrected chi connectivity index (χ1v) is 9.69. The Labute approximate surface area is 175 Å². The second-order valence-corrected chi connectivity index (χ2v) is 7.05. The molecule has 2 aromatic carbocycles. The lowest BCUT2D eigenvalue weighted by Gasteiger charge is -2.10. The fourth-order valence-electron chi connectivity index (χ4n) is 2.72. The zero-order chi connectivity index (χ0) is 21.3. The van der Waals surface area contributed by atoms with Crippen LogP contribution in [0.2, 0.25) is 0 Å². The van der Waals surface area contributed by atoms with Crippen LogP contribution in [0.15, 0.2) is 64.5 Å². The highest BCUT2D eigenvalue weighted by molar-refractivity contribution is 5.83. The van der Waals surface area contributed by atoms with Crippen LogP contribution < -0.4 is 15.7 Å². The number of hydrazone groups is 1. The minimum Gasteiger partial charge on any atom is -0.493 e. The van der Waals surface area contributed by atoms with Gasteiger partial charge < -0.3 is 4.74 Å². The molecule has 7 nitrogen and oxygen atoms in total. The van der Waals surface area contributed by atoms with Gasteiger partial charge in [0.15, 0.2) is 0 Å². The average Bonchev–Trinajstić information content (AvgIpc) is 2.75. The van der Waals surface area contributed by atoms with Gasteiger partial charge in [-0.15, -0.1) is 0 Å². The fourth-order valence-corrected chi connectivity index (χ4v) is 2.72. The van der Waals surface area contributed by atoms with E-state index < -0.39 is 5.56 Å². The first-order valence-electron chi connectivity index (χ1n) is 9.69. The minimum absolute atomic E-state index is 0.0420. The van der Waals surface area contributed by atoms with Crippen LogP contribution in [0.5, 0.6) is 5.75 Å². The third kappa shape index (κ3) is 5.32. The molecule has 0 unspecified atom stereocenters. The largest absolute Gasteiger partial charge is 0.493 e. The lowest BCUT2D eigenvalue weighted by atomic mass is 10.1. The van der Waals surface area contributed by atoms with Crippen molar-refractivity contribution in [3.05, 3.63) is 76.1 Å². The molecule has 0 spiro atoms. The van der Waals surface area contributed by atoms with Crippen molar-refractivity contribution in [2.45, 2.75) is 20.3 Å². The maximum absolute atomic E-state index is 12.3. The molecular weight excluding hydrogens is 378 g/mol. The molecule has 30 heavy (non-hydrogen) atoms. The highest BCUT2D eigenvalue weighted by atomic mass is 16.5. The Hall–Kier alpha value is -3.92. The van der Waals surface area contributed by atoms with Gasteiger partial charge in [-0.1, -0.05) is 56.3 Å². The number of rotatable bonds is 8. The van der Waals surface area contributed by atoms with Gasteiger partial charge in [0, 0.05) is 11.1 Å². The van der Waals surface area contributed by atoms with Gasteiger partial charge in [0.2, 0.25) is 5.95 Å². The Morgan fingerprint density at radius 3 is 2.67 bits per heavy atom. The van der Waals surface area contributed by atoms with Crippen molar-refractivity contribution >= 4 is 12.2 Å². The molecule has 0 saturated carbocycles. The third-order valence-corrected chi connectivity index (χ3v) is 4.32. The van der Waals surface area contributed by atoms with E-state index in [1.54, 1.807) is 18.3 Å². The van der Waals surface area contributed by atoms with Crippen LogP contribution in [0.25, 0.3) is 11.3 Å². The molecule has 0 aliphatic carbocycles.